The van der Waals surface area contributed by atoms with E-state index in [0.29, 0.717) is 5.70 Å². The molecule has 0 saturated carbocycles. The number of halogens is 1. The van der Waals surface area contributed by atoms with Gasteiger partial charge in [-0.3, -0.25) is 0 Å². The maximum absolute atomic E-state index is 11.3. The SMILES string of the molecule is C/C(N)=C\C=C/CF. The average molecular weight is 115 g/mol. The van der Waals surface area contributed by atoms with E-state index in [2.05, 4.69) is 0 Å². The minimum absolute atomic E-state index is 0.427. The Balaban J connectivity index is 3.42. The smallest absolute Gasteiger partial charge is 0.108 e. The fourth-order valence-corrected chi connectivity index (χ4v) is 0.271. The summed E-state index contributed by atoms with van der Waals surface area (Å²) in [4.78, 5) is 0. The summed E-state index contributed by atoms with van der Waals surface area (Å²) in [5.74, 6) is 0. The fraction of sp³-hybridized carbons (Fsp3) is 0.333. The van der Waals surface area contributed by atoms with Crippen LogP contribution in [0.15, 0.2) is 23.9 Å². The Labute approximate surface area is 48.7 Å². The highest BCUT2D eigenvalue weighted by Gasteiger charge is 1.69. The summed E-state index contributed by atoms with van der Waals surface area (Å²) >= 11 is 0. The zero-order valence-electron chi connectivity index (χ0n) is 4.89. The van der Waals surface area contributed by atoms with E-state index in [-0.39, 0.29) is 0 Å². The van der Waals surface area contributed by atoms with E-state index in [9.17, 15) is 4.39 Å². The molecule has 0 aromatic rings. The number of hydrogen-bond acceptors (Lipinski definition) is 1. The number of hydrogen-bond donors (Lipinski definition) is 1. The lowest BCUT2D eigenvalue weighted by Gasteiger charge is -1.80. The van der Waals surface area contributed by atoms with Gasteiger partial charge >= 0.3 is 0 Å². The molecular weight excluding hydrogens is 105 g/mol. The first-order valence-electron chi connectivity index (χ1n) is 2.42. The summed E-state index contributed by atoms with van der Waals surface area (Å²) in [6.07, 6.45) is 4.64. The Kier molecular flexibility index (Phi) is 3.94. The Bertz CT molecular complexity index is 101. The van der Waals surface area contributed by atoms with Crippen LogP contribution in [0.1, 0.15) is 6.92 Å². The van der Waals surface area contributed by atoms with Gasteiger partial charge in [-0.25, -0.2) is 4.39 Å². The molecule has 0 amide bonds. The van der Waals surface area contributed by atoms with Crippen molar-refractivity contribution in [3.63, 3.8) is 0 Å². The first-order valence-corrected chi connectivity index (χ1v) is 2.42. The molecule has 0 bridgehead atoms. The van der Waals surface area contributed by atoms with Crippen LogP contribution >= 0.6 is 0 Å². The largest absolute Gasteiger partial charge is 0.402 e. The highest BCUT2D eigenvalue weighted by molar-refractivity contribution is 5.07. The van der Waals surface area contributed by atoms with E-state index in [1.807, 2.05) is 0 Å². The van der Waals surface area contributed by atoms with Crippen LogP contribution in [-0.2, 0) is 0 Å². The van der Waals surface area contributed by atoms with Crippen molar-refractivity contribution in [2.24, 2.45) is 5.73 Å². The Morgan fingerprint density at radius 2 is 2.38 bits per heavy atom. The molecule has 8 heavy (non-hydrogen) atoms. The van der Waals surface area contributed by atoms with Crippen LogP contribution in [0.2, 0.25) is 0 Å². The highest BCUT2D eigenvalue weighted by atomic mass is 19.1. The minimum atomic E-state index is -0.427. The zero-order valence-corrected chi connectivity index (χ0v) is 4.89. The monoisotopic (exact) mass is 115 g/mol. The molecule has 0 atom stereocenters. The van der Waals surface area contributed by atoms with Crippen molar-refractivity contribution in [3.05, 3.63) is 23.9 Å². The maximum atomic E-state index is 11.3. The van der Waals surface area contributed by atoms with Crippen molar-refractivity contribution in [3.8, 4) is 0 Å². The van der Waals surface area contributed by atoms with Crippen LogP contribution in [0.25, 0.3) is 0 Å². The molecule has 46 valence electrons. The summed E-state index contributed by atoms with van der Waals surface area (Å²) in [5.41, 5.74) is 5.91. The summed E-state index contributed by atoms with van der Waals surface area (Å²) in [5, 5.41) is 0. The molecule has 0 aliphatic heterocycles. The second kappa shape index (κ2) is 4.37. The molecule has 0 aliphatic rings. The average Bonchev–Trinajstić information content (AvgIpc) is 1.66. The van der Waals surface area contributed by atoms with Gasteiger partial charge in [0, 0.05) is 5.70 Å². The van der Waals surface area contributed by atoms with Gasteiger partial charge in [0.25, 0.3) is 0 Å². The quantitative estimate of drug-likeness (QED) is 0.540. The first-order chi connectivity index (χ1) is 3.77. The number of alkyl halides is 1. The minimum Gasteiger partial charge on any atom is -0.402 e. The summed E-state index contributed by atoms with van der Waals surface area (Å²) < 4.78 is 11.3. The lowest BCUT2D eigenvalue weighted by molar-refractivity contribution is 0.562. The Morgan fingerprint density at radius 3 is 2.75 bits per heavy atom. The second-order valence-corrected chi connectivity index (χ2v) is 1.49. The van der Waals surface area contributed by atoms with Crippen molar-refractivity contribution < 1.29 is 4.39 Å². The standard InChI is InChI=1S/C6H10FN/c1-6(8)4-2-3-5-7/h2-4H,5,8H2,1H3/b3-2-,6-4+. The molecule has 2 heteroatoms. The molecule has 0 unspecified atom stereocenters. The van der Waals surface area contributed by atoms with Gasteiger partial charge in [-0.2, -0.15) is 0 Å². The predicted molar refractivity (Wildman–Crippen MR) is 33.1 cm³/mol. The lowest BCUT2D eigenvalue weighted by Crippen LogP contribution is -1.87. The van der Waals surface area contributed by atoms with E-state index >= 15 is 0 Å². The van der Waals surface area contributed by atoms with E-state index in [4.69, 9.17) is 5.73 Å². The van der Waals surface area contributed by atoms with Crippen molar-refractivity contribution in [1.29, 1.82) is 0 Å². The van der Waals surface area contributed by atoms with Crippen molar-refractivity contribution in [1.82, 2.24) is 0 Å². The van der Waals surface area contributed by atoms with Crippen LogP contribution < -0.4 is 5.73 Å². The van der Waals surface area contributed by atoms with Gasteiger partial charge in [-0.05, 0) is 13.0 Å². The molecule has 2 N–H and O–H groups in total. The Morgan fingerprint density at radius 1 is 1.75 bits per heavy atom. The number of rotatable bonds is 2. The molecule has 0 spiro atoms. The molecule has 0 rings (SSSR count). The predicted octanol–water partition coefficient (Wildman–Crippen LogP) is 1.37. The van der Waals surface area contributed by atoms with E-state index in [0.717, 1.165) is 0 Å². The molecule has 0 aromatic heterocycles. The molecule has 0 aliphatic carbocycles. The number of allylic oxidation sites excluding steroid dienone is 4. The van der Waals surface area contributed by atoms with Crippen LogP contribution in [0.5, 0.6) is 0 Å². The summed E-state index contributed by atoms with van der Waals surface area (Å²) in [6.45, 7) is 1.33. The summed E-state index contributed by atoms with van der Waals surface area (Å²) in [6, 6.07) is 0. The third-order valence-electron chi connectivity index (χ3n) is 0.584. The summed E-state index contributed by atoms with van der Waals surface area (Å²) in [7, 11) is 0. The van der Waals surface area contributed by atoms with Crippen LogP contribution in [0, 0.1) is 0 Å². The van der Waals surface area contributed by atoms with E-state index < -0.39 is 6.67 Å². The molecule has 0 fully saturated rings. The van der Waals surface area contributed by atoms with E-state index in [1.165, 1.54) is 6.08 Å². The van der Waals surface area contributed by atoms with Crippen LogP contribution in [-0.4, -0.2) is 6.67 Å². The van der Waals surface area contributed by atoms with Gasteiger partial charge in [0.05, 0.1) is 0 Å². The molecule has 0 saturated heterocycles. The fourth-order valence-electron chi connectivity index (χ4n) is 0.271. The molecule has 1 nitrogen and oxygen atoms in total. The zero-order chi connectivity index (χ0) is 6.41. The van der Waals surface area contributed by atoms with Crippen molar-refractivity contribution in [2.45, 2.75) is 6.92 Å². The van der Waals surface area contributed by atoms with Gasteiger partial charge in [0.15, 0.2) is 0 Å². The van der Waals surface area contributed by atoms with Crippen LogP contribution in [0.3, 0.4) is 0 Å². The molecule has 0 aromatic carbocycles. The van der Waals surface area contributed by atoms with Gasteiger partial charge in [-0.15, -0.1) is 0 Å². The first kappa shape index (κ1) is 7.21. The Hall–Kier alpha value is -0.790. The van der Waals surface area contributed by atoms with Gasteiger partial charge in [-0.1, -0.05) is 12.2 Å². The third-order valence-corrected chi connectivity index (χ3v) is 0.584. The van der Waals surface area contributed by atoms with Crippen molar-refractivity contribution >= 4 is 0 Å². The second-order valence-electron chi connectivity index (χ2n) is 1.49. The topological polar surface area (TPSA) is 26.0 Å². The molecule has 0 heterocycles. The van der Waals surface area contributed by atoms with Gasteiger partial charge in [0.1, 0.15) is 6.67 Å². The number of nitrogens with two attached hydrogens (primary N) is 1. The van der Waals surface area contributed by atoms with Gasteiger partial charge in [0.2, 0.25) is 0 Å². The van der Waals surface area contributed by atoms with Crippen molar-refractivity contribution in [2.75, 3.05) is 6.67 Å². The van der Waals surface area contributed by atoms with E-state index in [1.54, 1.807) is 19.1 Å². The maximum Gasteiger partial charge on any atom is 0.108 e. The van der Waals surface area contributed by atoms with Gasteiger partial charge < -0.3 is 5.73 Å². The molecule has 0 radical (unpaired) electrons. The normalized spacial score (nSPS) is 13.0. The molecular formula is C6H10FN. The third kappa shape index (κ3) is 5.21. The highest BCUT2D eigenvalue weighted by Crippen LogP contribution is 1.81. The van der Waals surface area contributed by atoms with Crippen LogP contribution in [0.4, 0.5) is 4.39 Å². The lowest BCUT2D eigenvalue weighted by atomic mass is 10.4.